The Labute approximate surface area is 222 Å². The van der Waals surface area contributed by atoms with Crippen molar-refractivity contribution < 1.29 is 28.6 Å². The van der Waals surface area contributed by atoms with Crippen LogP contribution >= 0.6 is 0 Å². The molecule has 2 amide bonds. The Bertz CT molecular complexity index is 1250. The van der Waals surface area contributed by atoms with Gasteiger partial charge in [0.05, 0.1) is 24.2 Å². The van der Waals surface area contributed by atoms with E-state index in [9.17, 15) is 9.59 Å². The largest absolute Gasteiger partial charge is 0.464 e. The number of amides is 2. The lowest BCUT2D eigenvalue weighted by Gasteiger charge is -2.29. The average Bonchev–Trinajstić information content (AvgIpc) is 3.36. The van der Waals surface area contributed by atoms with Crippen LogP contribution in [0.5, 0.6) is 0 Å². The summed E-state index contributed by atoms with van der Waals surface area (Å²) in [6, 6.07) is 14.9. The fourth-order valence-corrected chi connectivity index (χ4v) is 4.37. The monoisotopic (exact) mass is 521 g/mol. The Hall–Kier alpha value is -3.82. The summed E-state index contributed by atoms with van der Waals surface area (Å²) >= 11 is 0. The molecule has 202 valence electrons. The van der Waals surface area contributed by atoms with E-state index in [1.807, 2.05) is 42.5 Å². The maximum absolute atomic E-state index is 13.0. The number of hydrogen-bond donors (Lipinski definition) is 4. The number of rotatable bonds is 13. The molecule has 0 radical (unpaired) electrons. The number of aliphatic hydroxyl groups is 1. The van der Waals surface area contributed by atoms with Crippen molar-refractivity contribution in [3.8, 4) is 0 Å². The summed E-state index contributed by atoms with van der Waals surface area (Å²) in [5.74, 6) is -0.363. The van der Waals surface area contributed by atoms with Gasteiger partial charge in [0.1, 0.15) is 5.58 Å². The zero-order chi connectivity index (χ0) is 26.7. The zero-order valence-electron chi connectivity index (χ0n) is 21.4. The molecule has 0 saturated heterocycles. The fraction of sp³-hybridized carbons (Fsp3) is 0.379. The number of nitrogen functional groups attached to an aromatic ring is 1. The van der Waals surface area contributed by atoms with Gasteiger partial charge in [0.25, 0.3) is 5.91 Å². The van der Waals surface area contributed by atoms with E-state index in [4.69, 9.17) is 24.7 Å². The van der Waals surface area contributed by atoms with E-state index in [-0.39, 0.29) is 30.1 Å². The zero-order valence-corrected chi connectivity index (χ0v) is 21.4. The standard InChI is InChI=1S/C29H35N3O6/c30-23-10-2-3-11-24(23)32-27(34)13-5-6-14-31-29(35)26-17-20(18-28(38-26)36-16-8-7-15-33)22-19-37-25-12-4-1-9-21(22)25/h1-4,9-12,17,19-20,28,33H,5-8,13-16,18,30H2,(H,31,35)(H,32,34)/t20-,28+/m1/s1. The predicted octanol–water partition coefficient (Wildman–Crippen LogP) is 4.44. The van der Waals surface area contributed by atoms with Crippen LogP contribution in [0, 0.1) is 0 Å². The normalized spacial score (nSPS) is 17.0. The summed E-state index contributed by atoms with van der Waals surface area (Å²) in [4.78, 5) is 25.2. The number of benzene rings is 2. The average molecular weight is 522 g/mol. The van der Waals surface area contributed by atoms with Gasteiger partial charge in [-0.2, -0.15) is 0 Å². The number of ether oxygens (including phenoxy) is 2. The van der Waals surface area contributed by atoms with Gasteiger partial charge in [0, 0.05) is 42.9 Å². The molecular weight excluding hydrogens is 486 g/mol. The first-order chi connectivity index (χ1) is 18.5. The molecule has 0 bridgehead atoms. The van der Waals surface area contributed by atoms with Crippen molar-refractivity contribution in [2.24, 2.45) is 0 Å². The van der Waals surface area contributed by atoms with Crippen LogP contribution in [0.25, 0.3) is 11.0 Å². The topological polar surface area (TPSA) is 136 Å². The number of carbonyl (C=O) groups excluding carboxylic acids is 2. The summed E-state index contributed by atoms with van der Waals surface area (Å²) in [5, 5.41) is 15.7. The molecule has 0 unspecified atom stereocenters. The number of carbonyl (C=O) groups is 2. The summed E-state index contributed by atoms with van der Waals surface area (Å²) < 4.78 is 17.5. The van der Waals surface area contributed by atoms with Crippen LogP contribution in [-0.4, -0.2) is 43.0 Å². The molecule has 9 nitrogen and oxygen atoms in total. The summed E-state index contributed by atoms with van der Waals surface area (Å²) in [6.07, 6.45) is 6.40. The Morgan fingerprint density at radius 2 is 1.87 bits per heavy atom. The second-order valence-corrected chi connectivity index (χ2v) is 9.26. The highest BCUT2D eigenvalue weighted by molar-refractivity contribution is 5.94. The minimum absolute atomic E-state index is 0.105. The Morgan fingerprint density at radius 1 is 1.05 bits per heavy atom. The molecule has 1 aliphatic rings. The lowest BCUT2D eigenvalue weighted by atomic mass is 9.92. The van der Waals surface area contributed by atoms with Gasteiger partial charge in [-0.25, -0.2) is 0 Å². The van der Waals surface area contributed by atoms with Crippen molar-refractivity contribution in [2.45, 2.75) is 50.7 Å². The number of aliphatic hydroxyl groups excluding tert-OH is 1. The summed E-state index contributed by atoms with van der Waals surface area (Å²) in [5.41, 5.74) is 8.74. The number of fused-ring (bicyclic) bond motifs is 1. The molecule has 2 aromatic carbocycles. The molecule has 9 heteroatoms. The minimum atomic E-state index is -0.591. The van der Waals surface area contributed by atoms with E-state index in [0.717, 1.165) is 16.5 Å². The van der Waals surface area contributed by atoms with Crippen LogP contribution in [0.3, 0.4) is 0 Å². The van der Waals surface area contributed by atoms with Crippen molar-refractivity contribution in [1.29, 1.82) is 0 Å². The molecule has 2 atom stereocenters. The highest BCUT2D eigenvalue weighted by Crippen LogP contribution is 2.36. The quantitative estimate of drug-likeness (QED) is 0.193. The van der Waals surface area contributed by atoms with E-state index in [0.29, 0.717) is 63.1 Å². The highest BCUT2D eigenvalue weighted by atomic mass is 16.7. The molecule has 4 rings (SSSR count). The van der Waals surface area contributed by atoms with Gasteiger partial charge in [0.2, 0.25) is 12.2 Å². The molecule has 2 heterocycles. The molecule has 1 aromatic heterocycles. The number of hydrogen-bond acceptors (Lipinski definition) is 7. The van der Waals surface area contributed by atoms with E-state index < -0.39 is 6.29 Å². The van der Waals surface area contributed by atoms with E-state index in [2.05, 4.69) is 10.6 Å². The molecule has 1 aliphatic heterocycles. The Kier molecular flexibility index (Phi) is 9.77. The Morgan fingerprint density at radius 3 is 2.71 bits per heavy atom. The molecule has 5 N–H and O–H groups in total. The summed E-state index contributed by atoms with van der Waals surface area (Å²) in [7, 11) is 0. The van der Waals surface area contributed by atoms with Gasteiger partial charge < -0.3 is 35.4 Å². The van der Waals surface area contributed by atoms with Crippen LogP contribution < -0.4 is 16.4 Å². The van der Waals surface area contributed by atoms with Gasteiger partial charge >= 0.3 is 0 Å². The van der Waals surface area contributed by atoms with Crippen molar-refractivity contribution >= 4 is 34.2 Å². The maximum atomic E-state index is 13.0. The van der Waals surface area contributed by atoms with E-state index in [1.165, 1.54) is 0 Å². The fourth-order valence-electron chi connectivity index (χ4n) is 4.37. The number of anilines is 2. The number of allylic oxidation sites excluding steroid dienone is 1. The van der Waals surface area contributed by atoms with Gasteiger partial charge in [0.15, 0.2) is 5.76 Å². The second-order valence-electron chi connectivity index (χ2n) is 9.26. The maximum Gasteiger partial charge on any atom is 0.286 e. The van der Waals surface area contributed by atoms with Crippen LogP contribution in [0.15, 0.2) is 71.0 Å². The van der Waals surface area contributed by atoms with Crippen LogP contribution in [0.2, 0.25) is 0 Å². The lowest BCUT2D eigenvalue weighted by Crippen LogP contribution is -2.33. The smallest absolute Gasteiger partial charge is 0.286 e. The van der Waals surface area contributed by atoms with Crippen LogP contribution in [-0.2, 0) is 19.1 Å². The van der Waals surface area contributed by atoms with Gasteiger partial charge in [-0.3, -0.25) is 9.59 Å². The van der Waals surface area contributed by atoms with Crippen molar-refractivity contribution in [3.05, 3.63) is 72.2 Å². The van der Waals surface area contributed by atoms with Crippen LogP contribution in [0.4, 0.5) is 11.4 Å². The van der Waals surface area contributed by atoms with E-state index in [1.54, 1.807) is 18.4 Å². The summed E-state index contributed by atoms with van der Waals surface area (Å²) in [6.45, 7) is 0.936. The second kappa shape index (κ2) is 13.6. The molecule has 38 heavy (non-hydrogen) atoms. The predicted molar refractivity (Wildman–Crippen MR) is 145 cm³/mol. The molecule has 0 saturated carbocycles. The third-order valence-corrected chi connectivity index (χ3v) is 6.40. The minimum Gasteiger partial charge on any atom is -0.464 e. The molecule has 0 spiro atoms. The number of para-hydroxylation sites is 3. The SMILES string of the molecule is Nc1ccccc1NC(=O)CCCCNC(=O)C1=C[C@@H](c2coc3ccccc23)C[C@@H](OCCCCO)O1. The lowest BCUT2D eigenvalue weighted by molar-refractivity contribution is -0.146. The van der Waals surface area contributed by atoms with Crippen LogP contribution in [0.1, 0.15) is 50.0 Å². The van der Waals surface area contributed by atoms with Crippen molar-refractivity contribution in [1.82, 2.24) is 5.32 Å². The number of unbranched alkanes of at least 4 members (excludes halogenated alkanes) is 2. The third-order valence-electron chi connectivity index (χ3n) is 6.40. The van der Waals surface area contributed by atoms with E-state index >= 15 is 0 Å². The number of nitrogens with one attached hydrogen (secondary N) is 2. The van der Waals surface area contributed by atoms with Gasteiger partial charge in [-0.15, -0.1) is 0 Å². The molecule has 3 aromatic rings. The number of furan rings is 1. The Balaban J connectivity index is 1.31. The van der Waals surface area contributed by atoms with Gasteiger partial charge in [-0.1, -0.05) is 30.3 Å². The molecule has 0 fully saturated rings. The number of nitrogens with two attached hydrogens (primary N) is 1. The first-order valence-corrected chi connectivity index (χ1v) is 13.0. The first kappa shape index (κ1) is 27.2. The molecular formula is C29H35N3O6. The highest BCUT2D eigenvalue weighted by Gasteiger charge is 2.30. The molecule has 0 aliphatic carbocycles. The van der Waals surface area contributed by atoms with Crippen molar-refractivity contribution in [2.75, 3.05) is 30.8 Å². The third kappa shape index (κ3) is 7.36. The van der Waals surface area contributed by atoms with Gasteiger partial charge in [-0.05, 0) is 50.0 Å². The first-order valence-electron chi connectivity index (χ1n) is 13.0. The van der Waals surface area contributed by atoms with Crippen molar-refractivity contribution in [3.63, 3.8) is 0 Å².